The number of nitrogens with one attached hydrogen (secondary N) is 1. The van der Waals surface area contributed by atoms with Crippen LogP contribution in [0.3, 0.4) is 0 Å². The van der Waals surface area contributed by atoms with Crippen molar-refractivity contribution in [2.75, 3.05) is 12.8 Å². The molecule has 0 aliphatic carbocycles. The van der Waals surface area contributed by atoms with E-state index in [1.165, 1.54) is 39.6 Å². The maximum atomic E-state index is 13.1. The Bertz CT molecular complexity index is 618. The molecule has 2 aromatic rings. The summed E-state index contributed by atoms with van der Waals surface area (Å²) in [7, 11) is 1.97. The Morgan fingerprint density at radius 2 is 2.24 bits per heavy atom. The lowest BCUT2D eigenvalue weighted by Crippen LogP contribution is -2.17. The first-order valence-corrected chi connectivity index (χ1v) is 9.32. The minimum absolute atomic E-state index is 0.230. The summed E-state index contributed by atoms with van der Waals surface area (Å²) in [5, 5.41) is 3.88. The van der Waals surface area contributed by atoms with Crippen LogP contribution in [0.25, 0.3) is 0 Å². The molecule has 0 spiro atoms. The van der Waals surface area contributed by atoms with E-state index in [0.717, 1.165) is 17.7 Å². The fourth-order valence-electron chi connectivity index (χ4n) is 2.59. The van der Waals surface area contributed by atoms with Gasteiger partial charge in [0.25, 0.3) is 0 Å². The van der Waals surface area contributed by atoms with E-state index < -0.39 is 0 Å². The van der Waals surface area contributed by atoms with E-state index in [-0.39, 0.29) is 11.9 Å². The van der Waals surface area contributed by atoms with Crippen LogP contribution in [0.1, 0.15) is 26.9 Å². The van der Waals surface area contributed by atoms with Crippen LogP contribution in [0.4, 0.5) is 4.39 Å². The second-order valence-electron chi connectivity index (χ2n) is 5.18. The maximum Gasteiger partial charge on any atom is 0.124 e. The first-order valence-electron chi connectivity index (χ1n) is 6.98. The molecule has 5 heteroatoms. The average molecular weight is 342 g/mol. The molecule has 1 aromatic heterocycles. The quantitative estimate of drug-likeness (QED) is 0.854. The van der Waals surface area contributed by atoms with Gasteiger partial charge in [-0.1, -0.05) is 17.7 Å². The molecule has 0 saturated heterocycles. The summed E-state index contributed by atoms with van der Waals surface area (Å²) in [6.07, 6.45) is 1.96. The molecule has 1 unspecified atom stereocenters. The minimum atomic E-state index is -0.284. The van der Waals surface area contributed by atoms with Crippen molar-refractivity contribution >= 4 is 34.7 Å². The smallest absolute Gasteiger partial charge is 0.124 e. The van der Waals surface area contributed by atoms with E-state index in [1.807, 2.05) is 30.1 Å². The zero-order valence-electron chi connectivity index (χ0n) is 11.8. The first kappa shape index (κ1) is 15.3. The topological polar surface area (TPSA) is 12.0 Å². The van der Waals surface area contributed by atoms with Crippen molar-refractivity contribution < 1.29 is 4.39 Å². The highest BCUT2D eigenvalue weighted by Gasteiger charge is 2.19. The Morgan fingerprint density at radius 1 is 1.38 bits per heavy atom. The van der Waals surface area contributed by atoms with E-state index in [1.54, 1.807) is 6.07 Å². The Hall–Kier alpha value is -0.550. The van der Waals surface area contributed by atoms with Gasteiger partial charge in [-0.3, -0.25) is 0 Å². The Balaban J connectivity index is 1.83. The van der Waals surface area contributed by atoms with Gasteiger partial charge in [0, 0.05) is 26.6 Å². The van der Waals surface area contributed by atoms with E-state index in [9.17, 15) is 4.39 Å². The number of aryl methyl sites for hydroxylation is 1. The molecule has 0 bridgehead atoms. The van der Waals surface area contributed by atoms with E-state index in [0.29, 0.717) is 5.02 Å². The normalized spacial score (nSPS) is 15.8. The Morgan fingerprint density at radius 3 is 2.95 bits per heavy atom. The highest BCUT2D eigenvalue weighted by Crippen LogP contribution is 2.36. The van der Waals surface area contributed by atoms with E-state index in [4.69, 9.17) is 11.6 Å². The fourth-order valence-corrected chi connectivity index (χ4v) is 5.32. The molecule has 3 rings (SSSR count). The van der Waals surface area contributed by atoms with Crippen molar-refractivity contribution in [1.82, 2.24) is 5.32 Å². The highest BCUT2D eigenvalue weighted by atomic mass is 35.5. The fraction of sp³-hybridized carbons (Fsp3) is 0.375. The van der Waals surface area contributed by atoms with Crippen LogP contribution in [0.2, 0.25) is 5.02 Å². The van der Waals surface area contributed by atoms with Crippen molar-refractivity contribution in [2.24, 2.45) is 0 Å². The Kier molecular flexibility index (Phi) is 4.89. The van der Waals surface area contributed by atoms with Crippen LogP contribution < -0.4 is 5.32 Å². The summed E-state index contributed by atoms with van der Waals surface area (Å²) in [6.45, 7) is 0. The molecule has 1 aliphatic rings. The van der Waals surface area contributed by atoms with Crippen molar-refractivity contribution in [2.45, 2.75) is 24.6 Å². The number of benzene rings is 1. The number of halogens is 2. The van der Waals surface area contributed by atoms with Gasteiger partial charge in [-0.2, -0.15) is 11.8 Å². The lowest BCUT2D eigenvalue weighted by molar-refractivity contribution is 0.598. The predicted octanol–water partition coefficient (Wildman–Crippen LogP) is 4.83. The number of likely N-dealkylation sites (N-methyl/N-ethyl adjacent to an activating group) is 1. The number of thiophene rings is 1. The van der Waals surface area contributed by atoms with Crippen LogP contribution >= 0.6 is 34.7 Å². The van der Waals surface area contributed by atoms with Crippen molar-refractivity contribution in [3.8, 4) is 0 Å². The number of rotatable bonds is 4. The summed E-state index contributed by atoms with van der Waals surface area (Å²) >= 11 is 10.1. The summed E-state index contributed by atoms with van der Waals surface area (Å²) in [6, 6.07) is 7.20. The molecular formula is C16H17ClFNS2. The zero-order valence-corrected chi connectivity index (χ0v) is 14.2. The van der Waals surface area contributed by atoms with Crippen LogP contribution in [0.15, 0.2) is 24.3 Å². The molecule has 21 heavy (non-hydrogen) atoms. The van der Waals surface area contributed by atoms with E-state index >= 15 is 0 Å². The minimum Gasteiger partial charge on any atom is -0.312 e. The largest absolute Gasteiger partial charge is 0.312 e. The number of thioether (sulfide) groups is 1. The molecule has 1 nitrogen and oxygen atoms in total. The maximum absolute atomic E-state index is 13.1. The second kappa shape index (κ2) is 6.69. The lowest BCUT2D eigenvalue weighted by Gasteiger charge is -2.15. The van der Waals surface area contributed by atoms with Gasteiger partial charge in [0.2, 0.25) is 0 Å². The van der Waals surface area contributed by atoms with Gasteiger partial charge >= 0.3 is 0 Å². The summed E-state index contributed by atoms with van der Waals surface area (Å²) in [5.74, 6) is 2.06. The molecule has 0 fully saturated rings. The molecule has 0 radical (unpaired) electrons. The Labute approximate surface area is 137 Å². The van der Waals surface area contributed by atoms with Gasteiger partial charge in [0.1, 0.15) is 5.82 Å². The van der Waals surface area contributed by atoms with Gasteiger partial charge in [0.05, 0.1) is 0 Å². The average Bonchev–Trinajstić information content (AvgIpc) is 2.90. The lowest BCUT2D eigenvalue weighted by atomic mass is 10.0. The SMILES string of the molecule is CNC(Cc1ccc(F)cc1Cl)c1cc2c(s1)CCSC2. The van der Waals surface area contributed by atoms with Gasteiger partial charge in [-0.05, 0) is 55.0 Å². The monoisotopic (exact) mass is 341 g/mol. The molecule has 112 valence electrons. The third-order valence-electron chi connectivity index (χ3n) is 3.78. The second-order valence-corrected chi connectivity index (χ2v) is 7.86. The van der Waals surface area contributed by atoms with Crippen LogP contribution in [-0.4, -0.2) is 12.8 Å². The molecule has 1 aliphatic heterocycles. The van der Waals surface area contributed by atoms with Crippen molar-refractivity contribution in [3.05, 3.63) is 56.0 Å². The van der Waals surface area contributed by atoms with Crippen molar-refractivity contribution in [1.29, 1.82) is 0 Å². The first-order chi connectivity index (χ1) is 10.2. The summed E-state index contributed by atoms with van der Waals surface area (Å²) in [5.41, 5.74) is 2.47. The molecule has 0 saturated carbocycles. The molecule has 0 amide bonds. The van der Waals surface area contributed by atoms with Gasteiger partial charge in [0.15, 0.2) is 0 Å². The van der Waals surface area contributed by atoms with Crippen LogP contribution in [-0.2, 0) is 18.6 Å². The van der Waals surface area contributed by atoms with Gasteiger partial charge in [-0.25, -0.2) is 4.39 Å². The molecule has 2 heterocycles. The van der Waals surface area contributed by atoms with E-state index in [2.05, 4.69) is 11.4 Å². The van der Waals surface area contributed by atoms with Gasteiger partial charge in [-0.15, -0.1) is 11.3 Å². The zero-order chi connectivity index (χ0) is 14.8. The van der Waals surface area contributed by atoms with Crippen LogP contribution in [0.5, 0.6) is 0 Å². The molecule has 1 atom stereocenters. The molecule has 1 aromatic carbocycles. The standard InChI is InChI=1S/C16H17ClFNS2/c1-19-14(6-10-2-3-12(18)8-13(10)17)16-7-11-9-20-5-4-15(11)21-16/h2-3,7-8,14,19H,4-6,9H2,1H3. The number of hydrogen-bond acceptors (Lipinski definition) is 3. The third-order valence-corrected chi connectivity index (χ3v) is 6.49. The molecule has 1 N–H and O–H groups in total. The number of fused-ring (bicyclic) bond motifs is 1. The summed E-state index contributed by atoms with van der Waals surface area (Å²) < 4.78 is 13.1. The highest BCUT2D eigenvalue weighted by molar-refractivity contribution is 7.98. The van der Waals surface area contributed by atoms with Crippen LogP contribution in [0, 0.1) is 5.82 Å². The van der Waals surface area contributed by atoms with Crippen molar-refractivity contribution in [3.63, 3.8) is 0 Å². The van der Waals surface area contributed by atoms with Gasteiger partial charge < -0.3 is 5.32 Å². The third kappa shape index (κ3) is 3.45. The summed E-state index contributed by atoms with van der Waals surface area (Å²) in [4.78, 5) is 2.87. The molecular weight excluding hydrogens is 325 g/mol. The number of hydrogen-bond donors (Lipinski definition) is 1. The predicted molar refractivity (Wildman–Crippen MR) is 91.1 cm³/mol.